The molecular formula is C33H60O4. The van der Waals surface area contributed by atoms with E-state index < -0.39 is 5.97 Å². The standard InChI is InChI=1S/C33H60O4/c1-3-5-7-9-10-11-12-13-14-15-16-17-18-19-20-21-26-30-33(36)37-31(27-23-8-6-4-2)28-24-22-25-29-32(34)35/h10-11,13-14,31H,3-9,12,15-30H2,1-2H3,(H,34,35)/b11-10-,14-13-. The Balaban J connectivity index is 3.76. The van der Waals surface area contributed by atoms with Crippen molar-refractivity contribution in [2.75, 3.05) is 0 Å². The van der Waals surface area contributed by atoms with Crippen LogP contribution in [0.5, 0.6) is 0 Å². The third-order valence-electron chi connectivity index (χ3n) is 6.93. The molecule has 0 bridgehead atoms. The van der Waals surface area contributed by atoms with E-state index in [9.17, 15) is 9.59 Å². The van der Waals surface area contributed by atoms with Crippen LogP contribution in [-0.2, 0) is 14.3 Å². The van der Waals surface area contributed by atoms with Gasteiger partial charge in [-0.2, -0.15) is 0 Å². The summed E-state index contributed by atoms with van der Waals surface area (Å²) in [6.45, 7) is 4.45. The maximum atomic E-state index is 12.4. The van der Waals surface area contributed by atoms with Gasteiger partial charge in [0.2, 0.25) is 0 Å². The van der Waals surface area contributed by atoms with Crippen LogP contribution >= 0.6 is 0 Å². The zero-order valence-corrected chi connectivity index (χ0v) is 24.5. The number of carbonyl (C=O) groups is 2. The van der Waals surface area contributed by atoms with Crippen LogP contribution < -0.4 is 0 Å². The fourth-order valence-electron chi connectivity index (χ4n) is 4.57. The van der Waals surface area contributed by atoms with Crippen LogP contribution in [0.3, 0.4) is 0 Å². The van der Waals surface area contributed by atoms with Gasteiger partial charge in [-0.1, -0.05) is 109 Å². The summed E-state index contributed by atoms with van der Waals surface area (Å²) in [5, 5.41) is 8.78. The molecule has 0 radical (unpaired) electrons. The molecule has 0 aliphatic carbocycles. The fraction of sp³-hybridized carbons (Fsp3) is 0.818. The fourth-order valence-corrected chi connectivity index (χ4v) is 4.57. The number of carboxylic acid groups (broad SMARTS) is 1. The van der Waals surface area contributed by atoms with Crippen molar-refractivity contribution in [3.63, 3.8) is 0 Å². The molecule has 1 unspecified atom stereocenters. The molecule has 216 valence electrons. The second-order valence-electron chi connectivity index (χ2n) is 10.6. The van der Waals surface area contributed by atoms with Gasteiger partial charge in [0.25, 0.3) is 0 Å². The number of rotatable bonds is 28. The SMILES string of the molecule is CCCCC/C=C\C/C=C\CCCCCCCCCC(=O)OC(CCCCCC)CCCCCC(=O)O. The summed E-state index contributed by atoms with van der Waals surface area (Å²) in [5.74, 6) is -0.778. The van der Waals surface area contributed by atoms with E-state index in [-0.39, 0.29) is 18.5 Å². The van der Waals surface area contributed by atoms with Crippen molar-refractivity contribution in [2.24, 2.45) is 0 Å². The molecule has 0 aromatic heterocycles. The Kier molecular flexibility index (Phi) is 27.7. The Labute approximate surface area is 229 Å². The van der Waals surface area contributed by atoms with Gasteiger partial charge in [-0.25, -0.2) is 0 Å². The minimum Gasteiger partial charge on any atom is -0.481 e. The van der Waals surface area contributed by atoms with Gasteiger partial charge in [0.15, 0.2) is 0 Å². The number of carbonyl (C=O) groups excluding carboxylic acids is 1. The van der Waals surface area contributed by atoms with Gasteiger partial charge in [-0.05, 0) is 70.6 Å². The van der Waals surface area contributed by atoms with Gasteiger partial charge in [0.1, 0.15) is 6.10 Å². The molecule has 0 saturated heterocycles. The van der Waals surface area contributed by atoms with E-state index in [1.165, 1.54) is 83.5 Å². The van der Waals surface area contributed by atoms with Crippen LogP contribution in [-0.4, -0.2) is 23.1 Å². The normalized spacial score (nSPS) is 12.5. The van der Waals surface area contributed by atoms with Crippen molar-refractivity contribution >= 4 is 11.9 Å². The molecule has 0 aromatic rings. The third kappa shape index (κ3) is 28.8. The molecule has 0 amide bonds. The second kappa shape index (κ2) is 29.0. The minimum atomic E-state index is -0.730. The van der Waals surface area contributed by atoms with Crippen molar-refractivity contribution in [3.05, 3.63) is 24.3 Å². The molecule has 4 heteroatoms. The topological polar surface area (TPSA) is 63.6 Å². The molecule has 0 saturated carbocycles. The van der Waals surface area contributed by atoms with E-state index >= 15 is 0 Å². The van der Waals surface area contributed by atoms with Crippen molar-refractivity contribution in [2.45, 2.75) is 174 Å². The average molecular weight is 521 g/mol. The van der Waals surface area contributed by atoms with E-state index in [1.807, 2.05) is 0 Å². The Morgan fingerprint density at radius 1 is 0.595 bits per heavy atom. The first-order valence-corrected chi connectivity index (χ1v) is 15.8. The van der Waals surface area contributed by atoms with Crippen LogP contribution in [0.15, 0.2) is 24.3 Å². The zero-order valence-electron chi connectivity index (χ0n) is 24.5. The molecule has 0 fully saturated rings. The van der Waals surface area contributed by atoms with Gasteiger partial charge >= 0.3 is 11.9 Å². The Morgan fingerprint density at radius 2 is 1.05 bits per heavy atom. The van der Waals surface area contributed by atoms with Crippen LogP contribution in [0.1, 0.15) is 168 Å². The van der Waals surface area contributed by atoms with Crippen LogP contribution in [0.25, 0.3) is 0 Å². The quantitative estimate of drug-likeness (QED) is 0.0633. The summed E-state index contributed by atoms with van der Waals surface area (Å²) in [5.41, 5.74) is 0. The molecule has 0 heterocycles. The number of aliphatic carboxylic acids is 1. The summed E-state index contributed by atoms with van der Waals surface area (Å²) in [6.07, 6.45) is 34.9. The molecule has 37 heavy (non-hydrogen) atoms. The summed E-state index contributed by atoms with van der Waals surface area (Å²) in [7, 11) is 0. The van der Waals surface area contributed by atoms with Crippen LogP contribution in [0.2, 0.25) is 0 Å². The van der Waals surface area contributed by atoms with Gasteiger partial charge in [-0.15, -0.1) is 0 Å². The maximum absolute atomic E-state index is 12.4. The number of ether oxygens (including phenoxy) is 1. The highest BCUT2D eigenvalue weighted by Gasteiger charge is 2.14. The lowest BCUT2D eigenvalue weighted by atomic mass is 10.0. The number of unbranched alkanes of at least 4 members (excludes halogenated alkanes) is 15. The highest BCUT2D eigenvalue weighted by Crippen LogP contribution is 2.17. The lowest BCUT2D eigenvalue weighted by molar-refractivity contribution is -0.150. The van der Waals surface area contributed by atoms with Gasteiger partial charge < -0.3 is 9.84 Å². The van der Waals surface area contributed by atoms with E-state index in [0.29, 0.717) is 12.8 Å². The Morgan fingerprint density at radius 3 is 1.65 bits per heavy atom. The van der Waals surface area contributed by atoms with E-state index in [2.05, 4.69) is 38.2 Å². The highest BCUT2D eigenvalue weighted by atomic mass is 16.5. The molecular weight excluding hydrogens is 460 g/mol. The number of allylic oxidation sites excluding steroid dienone is 4. The predicted molar refractivity (Wildman–Crippen MR) is 158 cm³/mol. The highest BCUT2D eigenvalue weighted by molar-refractivity contribution is 5.69. The summed E-state index contributed by atoms with van der Waals surface area (Å²) < 4.78 is 5.82. The average Bonchev–Trinajstić information content (AvgIpc) is 2.87. The first kappa shape index (κ1) is 35.4. The molecule has 0 spiro atoms. The number of esters is 1. The van der Waals surface area contributed by atoms with Crippen LogP contribution in [0, 0.1) is 0 Å². The molecule has 0 aromatic carbocycles. The smallest absolute Gasteiger partial charge is 0.306 e. The van der Waals surface area contributed by atoms with Gasteiger partial charge in [0, 0.05) is 12.8 Å². The molecule has 0 rings (SSSR count). The van der Waals surface area contributed by atoms with E-state index in [4.69, 9.17) is 9.84 Å². The lowest BCUT2D eigenvalue weighted by Gasteiger charge is -2.18. The van der Waals surface area contributed by atoms with Gasteiger partial charge in [-0.3, -0.25) is 9.59 Å². The van der Waals surface area contributed by atoms with E-state index in [0.717, 1.165) is 51.4 Å². The van der Waals surface area contributed by atoms with Crippen LogP contribution in [0.4, 0.5) is 0 Å². The molecule has 1 atom stereocenters. The number of carboxylic acids is 1. The van der Waals surface area contributed by atoms with Crippen molar-refractivity contribution in [1.82, 2.24) is 0 Å². The summed E-state index contributed by atoms with van der Waals surface area (Å²) in [4.78, 5) is 23.0. The zero-order chi connectivity index (χ0) is 27.2. The predicted octanol–water partition coefficient (Wildman–Crippen LogP) is 10.5. The van der Waals surface area contributed by atoms with Gasteiger partial charge in [0.05, 0.1) is 0 Å². The minimum absolute atomic E-state index is 0.00468. The second-order valence-corrected chi connectivity index (χ2v) is 10.6. The molecule has 1 N–H and O–H groups in total. The first-order chi connectivity index (χ1) is 18.1. The maximum Gasteiger partial charge on any atom is 0.306 e. The van der Waals surface area contributed by atoms with Crippen molar-refractivity contribution < 1.29 is 19.4 Å². The molecule has 0 aliphatic heterocycles. The lowest BCUT2D eigenvalue weighted by Crippen LogP contribution is -2.18. The monoisotopic (exact) mass is 520 g/mol. The summed E-state index contributed by atoms with van der Waals surface area (Å²) in [6, 6.07) is 0. The van der Waals surface area contributed by atoms with Crippen molar-refractivity contribution in [1.29, 1.82) is 0 Å². The largest absolute Gasteiger partial charge is 0.481 e. The molecule has 0 aliphatic rings. The number of hydrogen-bond acceptors (Lipinski definition) is 3. The first-order valence-electron chi connectivity index (χ1n) is 15.8. The Hall–Kier alpha value is -1.58. The van der Waals surface area contributed by atoms with Crippen molar-refractivity contribution in [3.8, 4) is 0 Å². The summed E-state index contributed by atoms with van der Waals surface area (Å²) >= 11 is 0. The number of hydrogen-bond donors (Lipinski definition) is 1. The molecule has 4 nitrogen and oxygen atoms in total. The Bertz CT molecular complexity index is 567. The third-order valence-corrected chi connectivity index (χ3v) is 6.93. The van der Waals surface area contributed by atoms with E-state index in [1.54, 1.807) is 0 Å².